The van der Waals surface area contributed by atoms with E-state index in [-0.39, 0.29) is 24.8 Å². The van der Waals surface area contributed by atoms with Crippen LogP contribution in [0.5, 0.6) is 5.88 Å². The molecule has 9 nitrogen and oxygen atoms in total. The first-order valence-electron chi connectivity index (χ1n) is 7.93. The van der Waals surface area contributed by atoms with Gasteiger partial charge in [-0.15, -0.1) is 11.3 Å². The number of halogens is 1. The molecule has 146 valence electrons. The molecule has 0 bridgehead atoms. The van der Waals surface area contributed by atoms with E-state index in [0.29, 0.717) is 16.4 Å². The van der Waals surface area contributed by atoms with E-state index in [1.54, 1.807) is 24.6 Å². The lowest BCUT2D eigenvalue weighted by molar-refractivity contribution is 0.158. The summed E-state index contributed by atoms with van der Waals surface area (Å²) in [5.74, 6) is -0.226. The van der Waals surface area contributed by atoms with Crippen LogP contribution >= 0.6 is 22.9 Å². The van der Waals surface area contributed by atoms with Gasteiger partial charge in [0.1, 0.15) is 5.82 Å². The zero-order valence-corrected chi connectivity index (χ0v) is 16.2. The van der Waals surface area contributed by atoms with Gasteiger partial charge in [0, 0.05) is 19.0 Å². The molecule has 12 heteroatoms. The van der Waals surface area contributed by atoms with Gasteiger partial charge in [-0.05, 0) is 29.2 Å². The first-order chi connectivity index (χ1) is 13.5. The molecule has 0 aliphatic heterocycles. The quantitative estimate of drug-likeness (QED) is 0.632. The van der Waals surface area contributed by atoms with E-state index in [4.69, 9.17) is 4.74 Å². The molecule has 0 radical (unpaired) electrons. The number of urea groups is 1. The molecule has 3 amide bonds. The average Bonchev–Trinajstić information content (AvgIpc) is 3.32. The van der Waals surface area contributed by atoms with Crippen LogP contribution < -0.4 is 15.4 Å². The lowest BCUT2D eigenvalue weighted by Crippen LogP contribution is -2.29. The number of rotatable bonds is 6. The minimum Gasteiger partial charge on any atom is -0.388 e. The van der Waals surface area contributed by atoms with Crippen molar-refractivity contribution in [2.75, 3.05) is 12.4 Å². The van der Waals surface area contributed by atoms with E-state index in [2.05, 4.69) is 25.2 Å². The zero-order valence-electron chi connectivity index (χ0n) is 14.6. The molecule has 0 unspecified atom stereocenters. The van der Waals surface area contributed by atoms with Gasteiger partial charge in [-0.2, -0.15) is 0 Å². The topological polar surface area (TPSA) is 109 Å². The monoisotopic (exact) mass is 422 g/mol. The molecule has 0 spiro atoms. The fourth-order valence-corrected chi connectivity index (χ4v) is 3.14. The third-order valence-corrected chi connectivity index (χ3v) is 4.65. The smallest absolute Gasteiger partial charge is 0.388 e. The van der Waals surface area contributed by atoms with Crippen LogP contribution in [-0.4, -0.2) is 38.6 Å². The number of hydrogen-bond acceptors (Lipinski definition) is 8. The molecular formula is C16H15FN6O3S2. The number of aromatic nitrogens is 3. The Morgan fingerprint density at radius 3 is 2.93 bits per heavy atom. The standard InChI is InChI=1S/C16H15FN6O3S2/c1-23(16(25)26-13-9-28-22-21-13)7-12-8-27-15(19-12)20-14(24)18-6-10-3-2-4-11(17)5-10/h2-5,8-9H,6-7H2,1H3,(H2,18,19,20,24). The molecule has 28 heavy (non-hydrogen) atoms. The number of nitrogens with one attached hydrogen (secondary N) is 2. The third-order valence-electron chi connectivity index (χ3n) is 3.36. The summed E-state index contributed by atoms with van der Waals surface area (Å²) in [7, 11) is 1.56. The van der Waals surface area contributed by atoms with Crippen molar-refractivity contribution in [2.24, 2.45) is 0 Å². The summed E-state index contributed by atoms with van der Waals surface area (Å²) in [6, 6.07) is 5.50. The summed E-state index contributed by atoms with van der Waals surface area (Å²) < 4.78 is 21.8. The molecule has 0 saturated carbocycles. The van der Waals surface area contributed by atoms with E-state index in [0.717, 1.165) is 11.5 Å². The van der Waals surface area contributed by atoms with E-state index >= 15 is 0 Å². The fraction of sp³-hybridized carbons (Fsp3) is 0.188. The lowest BCUT2D eigenvalue weighted by Gasteiger charge is -2.14. The largest absolute Gasteiger partial charge is 0.416 e. The molecule has 1 aromatic carbocycles. The number of amides is 3. The summed E-state index contributed by atoms with van der Waals surface area (Å²) >= 11 is 2.30. The van der Waals surface area contributed by atoms with Crippen molar-refractivity contribution in [3.63, 3.8) is 0 Å². The SMILES string of the molecule is CN(Cc1csc(NC(=O)NCc2cccc(F)c2)n1)C(=O)Oc1csnn1. The van der Waals surface area contributed by atoms with Crippen LogP contribution in [0.25, 0.3) is 0 Å². The Labute approximate surface area is 167 Å². The van der Waals surface area contributed by atoms with E-state index in [1.165, 1.54) is 33.7 Å². The highest BCUT2D eigenvalue weighted by atomic mass is 32.1. The Bertz CT molecular complexity index is 950. The van der Waals surface area contributed by atoms with Gasteiger partial charge >= 0.3 is 12.1 Å². The zero-order chi connectivity index (χ0) is 19.9. The first-order valence-corrected chi connectivity index (χ1v) is 9.65. The molecule has 3 aromatic rings. The second-order valence-corrected chi connectivity index (χ2v) is 7.02. The fourth-order valence-electron chi connectivity index (χ4n) is 2.08. The van der Waals surface area contributed by atoms with Crippen LogP contribution in [0.4, 0.5) is 19.1 Å². The maximum absolute atomic E-state index is 13.1. The molecule has 2 N–H and O–H groups in total. The van der Waals surface area contributed by atoms with Gasteiger partial charge in [0.25, 0.3) is 5.88 Å². The molecule has 2 aromatic heterocycles. The highest BCUT2D eigenvalue weighted by molar-refractivity contribution is 7.13. The van der Waals surface area contributed by atoms with Crippen molar-refractivity contribution in [3.8, 4) is 5.88 Å². The molecule has 0 aliphatic carbocycles. The van der Waals surface area contributed by atoms with E-state index < -0.39 is 12.1 Å². The van der Waals surface area contributed by atoms with Gasteiger partial charge in [-0.25, -0.2) is 19.0 Å². The Hall–Kier alpha value is -3.12. The van der Waals surface area contributed by atoms with Crippen LogP contribution in [0.1, 0.15) is 11.3 Å². The van der Waals surface area contributed by atoms with Crippen molar-refractivity contribution >= 4 is 40.1 Å². The van der Waals surface area contributed by atoms with Crippen molar-refractivity contribution in [1.29, 1.82) is 0 Å². The van der Waals surface area contributed by atoms with Gasteiger partial charge in [0.2, 0.25) is 0 Å². The van der Waals surface area contributed by atoms with Gasteiger partial charge in [0.15, 0.2) is 5.13 Å². The molecule has 0 saturated heterocycles. The molecule has 0 atom stereocenters. The summed E-state index contributed by atoms with van der Waals surface area (Å²) in [4.78, 5) is 29.5. The minimum absolute atomic E-state index is 0.137. The number of hydrogen-bond donors (Lipinski definition) is 2. The van der Waals surface area contributed by atoms with Crippen molar-refractivity contribution in [2.45, 2.75) is 13.1 Å². The van der Waals surface area contributed by atoms with Crippen LogP contribution in [0.15, 0.2) is 35.0 Å². The first kappa shape index (κ1) is 19.6. The highest BCUT2D eigenvalue weighted by Gasteiger charge is 2.15. The van der Waals surface area contributed by atoms with Gasteiger partial charge in [0.05, 0.1) is 17.6 Å². The molecule has 2 heterocycles. The lowest BCUT2D eigenvalue weighted by atomic mass is 10.2. The predicted octanol–water partition coefficient (Wildman–Crippen LogP) is 3.09. The molecule has 0 aliphatic rings. The van der Waals surface area contributed by atoms with E-state index in [1.807, 2.05) is 0 Å². The molecule has 3 rings (SSSR count). The van der Waals surface area contributed by atoms with Crippen molar-refractivity contribution in [1.82, 2.24) is 24.8 Å². The van der Waals surface area contributed by atoms with Crippen LogP contribution in [0.2, 0.25) is 0 Å². The van der Waals surface area contributed by atoms with Crippen molar-refractivity contribution < 1.29 is 18.7 Å². The maximum atomic E-state index is 13.1. The molecule has 0 fully saturated rings. The number of thiazole rings is 1. The van der Waals surface area contributed by atoms with E-state index in [9.17, 15) is 14.0 Å². The molecular weight excluding hydrogens is 407 g/mol. The second-order valence-electron chi connectivity index (χ2n) is 5.55. The number of ether oxygens (including phenoxy) is 1. The maximum Gasteiger partial charge on any atom is 0.416 e. The van der Waals surface area contributed by atoms with Crippen LogP contribution in [0, 0.1) is 5.82 Å². The summed E-state index contributed by atoms with van der Waals surface area (Å²) in [5.41, 5.74) is 1.23. The Balaban J connectivity index is 1.46. The van der Waals surface area contributed by atoms with Gasteiger partial charge in [-0.3, -0.25) is 5.32 Å². The number of carbonyl (C=O) groups is 2. The third kappa shape index (κ3) is 5.69. The Morgan fingerprint density at radius 2 is 2.18 bits per heavy atom. The van der Waals surface area contributed by atoms with Crippen LogP contribution in [0.3, 0.4) is 0 Å². The van der Waals surface area contributed by atoms with Gasteiger partial charge in [-0.1, -0.05) is 21.7 Å². The number of benzene rings is 1. The summed E-state index contributed by atoms with van der Waals surface area (Å²) in [5, 5.41) is 12.5. The second kappa shape index (κ2) is 9.19. The normalized spacial score (nSPS) is 10.4. The number of nitrogens with zero attached hydrogens (tertiary/aromatic N) is 4. The summed E-state index contributed by atoms with van der Waals surface area (Å²) in [6.45, 7) is 0.376. The van der Waals surface area contributed by atoms with Gasteiger partial charge < -0.3 is 15.0 Å². The summed E-state index contributed by atoms with van der Waals surface area (Å²) in [6.07, 6.45) is -0.594. The highest BCUT2D eigenvalue weighted by Crippen LogP contribution is 2.17. The van der Waals surface area contributed by atoms with Crippen LogP contribution in [-0.2, 0) is 13.1 Å². The number of anilines is 1. The minimum atomic E-state index is -0.594. The average molecular weight is 422 g/mol. The van der Waals surface area contributed by atoms with Crippen molar-refractivity contribution in [3.05, 3.63) is 52.1 Å². The Morgan fingerprint density at radius 1 is 1.32 bits per heavy atom. The predicted molar refractivity (Wildman–Crippen MR) is 102 cm³/mol. The Kier molecular flexibility index (Phi) is 6.45. The number of carbonyl (C=O) groups excluding carboxylic acids is 2.